The van der Waals surface area contributed by atoms with E-state index in [1.54, 1.807) is 7.11 Å². The normalized spacial score (nSPS) is 22.2. The van der Waals surface area contributed by atoms with Crippen molar-refractivity contribution in [3.05, 3.63) is 35.4 Å². The lowest BCUT2D eigenvalue weighted by atomic mass is 9.98. The molecule has 1 fully saturated rings. The third kappa shape index (κ3) is 2.44. The highest BCUT2D eigenvalue weighted by atomic mass is 16.5. The van der Waals surface area contributed by atoms with Crippen LogP contribution in [0.3, 0.4) is 0 Å². The molecule has 0 bridgehead atoms. The molecule has 0 aromatic heterocycles. The second kappa shape index (κ2) is 4.92. The molecule has 1 aromatic rings. The molecular weight excluding hydrogens is 236 g/mol. The molecule has 2 heteroatoms. The van der Waals surface area contributed by atoms with Crippen molar-refractivity contribution in [2.75, 3.05) is 13.7 Å². The van der Waals surface area contributed by atoms with Crippen LogP contribution in [0.1, 0.15) is 44.9 Å². The van der Waals surface area contributed by atoms with Crippen LogP contribution in [0.15, 0.2) is 24.3 Å². The lowest BCUT2D eigenvalue weighted by molar-refractivity contribution is 0.130. The van der Waals surface area contributed by atoms with Crippen molar-refractivity contribution in [3.8, 4) is 0 Å². The molecule has 0 spiro atoms. The Morgan fingerprint density at radius 3 is 2.05 bits per heavy atom. The van der Waals surface area contributed by atoms with Crippen LogP contribution in [-0.4, -0.2) is 18.8 Å². The minimum Gasteiger partial charge on any atom is -0.388 e. The first-order valence-electron chi connectivity index (χ1n) is 7.08. The summed E-state index contributed by atoms with van der Waals surface area (Å²) in [5, 5.41) is 10.6. The molecule has 0 heterocycles. The first kappa shape index (κ1) is 14.5. The van der Waals surface area contributed by atoms with E-state index >= 15 is 0 Å². The average molecular weight is 262 g/mol. The minimum absolute atomic E-state index is 0.209. The molecule has 0 radical (unpaired) electrons. The van der Waals surface area contributed by atoms with E-state index in [-0.39, 0.29) is 16.9 Å². The first-order chi connectivity index (χ1) is 8.82. The number of rotatable bonds is 5. The van der Waals surface area contributed by atoms with E-state index in [4.69, 9.17) is 4.74 Å². The Bertz CT molecular complexity index is 417. The third-order valence-corrected chi connectivity index (χ3v) is 5.36. The molecule has 1 saturated carbocycles. The Balaban J connectivity index is 2.07. The molecule has 0 aliphatic heterocycles. The highest BCUT2D eigenvalue weighted by molar-refractivity contribution is 5.28. The Hall–Kier alpha value is -0.860. The van der Waals surface area contributed by atoms with Crippen LogP contribution in [0.2, 0.25) is 0 Å². The van der Waals surface area contributed by atoms with Gasteiger partial charge in [0.2, 0.25) is 0 Å². The van der Waals surface area contributed by atoms with Gasteiger partial charge in [-0.1, -0.05) is 52.0 Å². The van der Waals surface area contributed by atoms with Gasteiger partial charge in [-0.2, -0.15) is 0 Å². The van der Waals surface area contributed by atoms with Crippen molar-refractivity contribution in [3.63, 3.8) is 0 Å². The van der Waals surface area contributed by atoms with Crippen LogP contribution in [0.5, 0.6) is 0 Å². The van der Waals surface area contributed by atoms with Crippen LogP contribution >= 0.6 is 0 Å². The number of hydrogen-bond acceptors (Lipinski definition) is 2. The predicted molar refractivity (Wildman–Crippen MR) is 78.0 cm³/mol. The Labute approximate surface area is 116 Å². The number of hydrogen-bond donors (Lipinski definition) is 1. The molecule has 106 valence electrons. The largest absolute Gasteiger partial charge is 0.388 e. The Morgan fingerprint density at radius 1 is 1.11 bits per heavy atom. The zero-order valence-electron chi connectivity index (χ0n) is 12.7. The minimum atomic E-state index is -0.360. The van der Waals surface area contributed by atoms with Crippen molar-refractivity contribution in [2.24, 2.45) is 16.7 Å². The molecule has 1 N–H and O–H groups in total. The second-order valence-corrected chi connectivity index (χ2v) is 6.85. The molecule has 1 aliphatic rings. The first-order valence-corrected chi connectivity index (χ1v) is 7.08. The van der Waals surface area contributed by atoms with Crippen molar-refractivity contribution in [1.82, 2.24) is 0 Å². The lowest BCUT2D eigenvalue weighted by Crippen LogP contribution is -2.05. The van der Waals surface area contributed by atoms with Crippen LogP contribution in [-0.2, 0) is 11.2 Å². The van der Waals surface area contributed by atoms with Gasteiger partial charge in [0.05, 0.1) is 12.7 Å². The molecular formula is C17H26O2. The summed E-state index contributed by atoms with van der Waals surface area (Å²) in [6.07, 6.45) is 0.564. The molecule has 0 amide bonds. The summed E-state index contributed by atoms with van der Waals surface area (Å²) in [7, 11) is 1.72. The Kier molecular flexibility index (Phi) is 3.76. The van der Waals surface area contributed by atoms with E-state index in [1.807, 2.05) is 0 Å². The fourth-order valence-corrected chi connectivity index (χ4v) is 3.33. The average Bonchev–Trinajstić information content (AvgIpc) is 2.77. The standard InChI is InChI=1S/C17H26O2/c1-16(2)15(17(16,3)4)14(18)13-8-6-12(7-9-13)10-11-19-5/h6-9,14-15,18H,10-11H2,1-5H3. The zero-order chi connectivity index (χ0) is 14.3. The van der Waals surface area contributed by atoms with E-state index in [1.165, 1.54) is 5.56 Å². The van der Waals surface area contributed by atoms with Gasteiger partial charge in [0.15, 0.2) is 0 Å². The van der Waals surface area contributed by atoms with E-state index in [2.05, 4.69) is 52.0 Å². The van der Waals surface area contributed by atoms with Crippen LogP contribution in [0, 0.1) is 16.7 Å². The van der Waals surface area contributed by atoms with Gasteiger partial charge >= 0.3 is 0 Å². The molecule has 1 aliphatic carbocycles. The van der Waals surface area contributed by atoms with Crippen LogP contribution in [0.25, 0.3) is 0 Å². The number of benzene rings is 1. The monoisotopic (exact) mass is 262 g/mol. The molecule has 0 saturated heterocycles. The third-order valence-electron chi connectivity index (χ3n) is 5.36. The maximum atomic E-state index is 10.6. The maximum absolute atomic E-state index is 10.6. The second-order valence-electron chi connectivity index (χ2n) is 6.85. The number of aliphatic hydroxyl groups is 1. The van der Waals surface area contributed by atoms with E-state index < -0.39 is 0 Å². The van der Waals surface area contributed by atoms with Crippen molar-refractivity contribution in [1.29, 1.82) is 0 Å². The quantitative estimate of drug-likeness (QED) is 0.878. The molecule has 1 unspecified atom stereocenters. The highest BCUT2D eigenvalue weighted by Gasteiger charge is 2.67. The fraction of sp³-hybridized carbons (Fsp3) is 0.647. The summed E-state index contributed by atoms with van der Waals surface area (Å²) in [6.45, 7) is 9.72. The van der Waals surface area contributed by atoms with Gasteiger partial charge in [-0.3, -0.25) is 0 Å². The van der Waals surface area contributed by atoms with Crippen molar-refractivity contribution in [2.45, 2.75) is 40.2 Å². The van der Waals surface area contributed by atoms with Gasteiger partial charge in [-0.25, -0.2) is 0 Å². The molecule has 2 nitrogen and oxygen atoms in total. The summed E-state index contributed by atoms with van der Waals surface area (Å²) in [4.78, 5) is 0. The summed E-state index contributed by atoms with van der Waals surface area (Å²) in [6, 6.07) is 8.31. The Morgan fingerprint density at radius 2 is 1.63 bits per heavy atom. The molecule has 1 atom stereocenters. The highest BCUT2D eigenvalue weighted by Crippen LogP contribution is 2.72. The van der Waals surface area contributed by atoms with E-state index in [0.717, 1.165) is 18.6 Å². The summed E-state index contributed by atoms with van der Waals surface area (Å²) in [5.41, 5.74) is 2.71. The predicted octanol–water partition coefficient (Wildman–Crippen LogP) is 3.59. The lowest BCUT2D eigenvalue weighted by Gasteiger charge is -2.14. The SMILES string of the molecule is COCCc1ccc(C(O)C2C(C)(C)C2(C)C)cc1. The van der Waals surface area contributed by atoms with Gasteiger partial charge in [0.1, 0.15) is 0 Å². The van der Waals surface area contributed by atoms with Gasteiger partial charge in [-0.15, -0.1) is 0 Å². The molecule has 19 heavy (non-hydrogen) atoms. The smallest absolute Gasteiger partial charge is 0.0828 e. The molecule has 1 aromatic carbocycles. The number of methoxy groups -OCH3 is 1. The number of aliphatic hydroxyl groups excluding tert-OH is 1. The summed E-state index contributed by atoms with van der Waals surface area (Å²) < 4.78 is 5.08. The van der Waals surface area contributed by atoms with Gasteiger partial charge in [0, 0.05) is 13.0 Å². The topological polar surface area (TPSA) is 29.5 Å². The summed E-state index contributed by atoms with van der Waals surface area (Å²) in [5.74, 6) is 0.338. The van der Waals surface area contributed by atoms with Gasteiger partial charge in [0.25, 0.3) is 0 Å². The van der Waals surface area contributed by atoms with Crippen molar-refractivity contribution >= 4 is 0 Å². The van der Waals surface area contributed by atoms with Gasteiger partial charge < -0.3 is 9.84 Å². The zero-order valence-corrected chi connectivity index (χ0v) is 12.7. The van der Waals surface area contributed by atoms with Crippen molar-refractivity contribution < 1.29 is 9.84 Å². The fourth-order valence-electron chi connectivity index (χ4n) is 3.33. The summed E-state index contributed by atoms with van der Waals surface area (Å²) >= 11 is 0. The van der Waals surface area contributed by atoms with Gasteiger partial charge in [-0.05, 0) is 28.4 Å². The number of ether oxygens (including phenoxy) is 1. The van der Waals surface area contributed by atoms with Crippen LogP contribution < -0.4 is 0 Å². The van der Waals surface area contributed by atoms with E-state index in [0.29, 0.717) is 5.92 Å². The van der Waals surface area contributed by atoms with E-state index in [9.17, 15) is 5.11 Å². The van der Waals surface area contributed by atoms with Crippen LogP contribution in [0.4, 0.5) is 0 Å². The maximum Gasteiger partial charge on any atom is 0.0828 e. The molecule has 2 rings (SSSR count).